The third-order valence-electron chi connectivity index (χ3n) is 1.27. The van der Waals surface area contributed by atoms with Crippen LogP contribution in [0.15, 0.2) is 18.2 Å². The second kappa shape index (κ2) is 5.15. The fraction of sp³-hybridized carbons (Fsp3) is 0.143. The molecule has 0 amide bonds. The van der Waals surface area contributed by atoms with E-state index in [1.807, 2.05) is 0 Å². The number of benzene rings is 1. The molecule has 11 heavy (non-hydrogen) atoms. The Morgan fingerprint density at radius 2 is 1.82 bits per heavy atom. The number of rotatable bonds is 1. The van der Waals surface area contributed by atoms with Gasteiger partial charge in [-0.25, -0.2) is 0 Å². The van der Waals surface area contributed by atoms with Crippen molar-refractivity contribution >= 4 is 0 Å². The van der Waals surface area contributed by atoms with Crippen molar-refractivity contribution < 1.29 is 51.1 Å². The van der Waals surface area contributed by atoms with Gasteiger partial charge in [-0.3, -0.25) is 0 Å². The maximum Gasteiger partial charge on any atom is -1.00 e. The van der Waals surface area contributed by atoms with E-state index >= 15 is 0 Å². The molecular weight excluding hydrogens is 314 g/mol. The molecule has 0 bridgehead atoms. The average molecular weight is 319 g/mol. The Hall–Kier alpha value is 0.433. The number of halogens is 3. The molecule has 0 heterocycles. The molecule has 0 nitrogen and oxygen atoms in total. The standard InChI is InChI=1S/C7H5F2.HI.Zn/c1-5-2-3-6(8)7(9)4-5;;/h2-4H,1H2;1H;/q;;+1/p-1. The smallest absolute Gasteiger partial charge is 1.00 e. The van der Waals surface area contributed by atoms with Crippen molar-refractivity contribution in [2.24, 2.45) is 0 Å². The summed E-state index contributed by atoms with van der Waals surface area (Å²) in [5.41, 5.74) is 0.874. The maximum absolute atomic E-state index is 12.4. The summed E-state index contributed by atoms with van der Waals surface area (Å²) in [4.78, 5) is 0. The van der Waals surface area contributed by atoms with Gasteiger partial charge in [-0.1, -0.05) is 0 Å². The predicted octanol–water partition coefficient (Wildman–Crippen LogP) is -0.984. The van der Waals surface area contributed by atoms with E-state index in [9.17, 15) is 8.78 Å². The van der Waals surface area contributed by atoms with Crippen LogP contribution in [-0.2, 0) is 23.3 Å². The topological polar surface area (TPSA) is 0 Å². The van der Waals surface area contributed by atoms with Gasteiger partial charge >= 0.3 is 67.5 Å². The molecule has 56 valence electrons. The molecule has 4 heteroatoms. The van der Waals surface area contributed by atoms with Crippen molar-refractivity contribution in [3.8, 4) is 0 Å². The van der Waals surface area contributed by atoms with E-state index in [0.29, 0.717) is 0 Å². The third kappa shape index (κ3) is 3.12. The van der Waals surface area contributed by atoms with E-state index in [-0.39, 0.29) is 24.0 Å². The first-order chi connectivity index (χ1) is 4.74. The van der Waals surface area contributed by atoms with Crippen LogP contribution in [0.5, 0.6) is 0 Å². The fourth-order valence-corrected chi connectivity index (χ4v) is 1.35. The molecule has 0 aliphatic heterocycles. The molecule has 1 rings (SSSR count). The summed E-state index contributed by atoms with van der Waals surface area (Å²) in [6, 6.07) is 4.03. The van der Waals surface area contributed by atoms with Crippen molar-refractivity contribution in [3.63, 3.8) is 0 Å². The van der Waals surface area contributed by atoms with Gasteiger partial charge in [0.1, 0.15) is 0 Å². The summed E-state index contributed by atoms with van der Waals surface area (Å²) < 4.78 is 24.7. The molecule has 0 aliphatic rings. The summed E-state index contributed by atoms with van der Waals surface area (Å²) in [5.74, 6) is -1.51. The van der Waals surface area contributed by atoms with Gasteiger partial charge in [0.05, 0.1) is 0 Å². The summed E-state index contributed by atoms with van der Waals surface area (Å²) in [7, 11) is 0. The Kier molecular flexibility index (Phi) is 5.35. The molecule has 0 fully saturated rings. The molecule has 0 aromatic heterocycles. The van der Waals surface area contributed by atoms with Gasteiger partial charge in [0.15, 0.2) is 0 Å². The second-order valence-electron chi connectivity index (χ2n) is 2.00. The van der Waals surface area contributed by atoms with E-state index in [1.54, 1.807) is 6.07 Å². The molecular formula is C7H5F2IZn. The monoisotopic (exact) mass is 318 g/mol. The zero-order chi connectivity index (χ0) is 7.56. The quantitative estimate of drug-likeness (QED) is 0.461. The van der Waals surface area contributed by atoms with Crippen molar-refractivity contribution in [3.05, 3.63) is 35.4 Å². The molecule has 1 aromatic carbocycles. The van der Waals surface area contributed by atoms with Gasteiger partial charge in [-0.15, -0.1) is 0 Å². The first-order valence-corrected chi connectivity index (χ1v) is 5.07. The van der Waals surface area contributed by atoms with Gasteiger partial charge < -0.3 is 24.0 Å². The Morgan fingerprint density at radius 1 is 1.18 bits per heavy atom. The van der Waals surface area contributed by atoms with Crippen LogP contribution in [0.1, 0.15) is 5.56 Å². The maximum atomic E-state index is 12.4. The van der Waals surface area contributed by atoms with E-state index in [4.69, 9.17) is 0 Å². The third-order valence-corrected chi connectivity index (χ3v) is 2.48. The Balaban J connectivity index is 0.000001000. The first kappa shape index (κ1) is 11.4. The van der Waals surface area contributed by atoms with Crippen LogP contribution in [-0.4, -0.2) is 0 Å². The molecule has 0 saturated heterocycles. The van der Waals surface area contributed by atoms with Crippen molar-refractivity contribution in [1.82, 2.24) is 0 Å². The predicted molar refractivity (Wildman–Crippen MR) is 30.1 cm³/mol. The number of hydrogen-bond acceptors (Lipinski definition) is 0. The van der Waals surface area contributed by atoms with Crippen LogP contribution in [0.4, 0.5) is 8.78 Å². The van der Waals surface area contributed by atoms with E-state index < -0.39 is 11.6 Å². The van der Waals surface area contributed by atoms with Crippen LogP contribution in [0.25, 0.3) is 0 Å². The molecule has 0 N–H and O–H groups in total. The zero-order valence-corrected chi connectivity index (χ0v) is 10.9. The summed E-state index contributed by atoms with van der Waals surface area (Å²) >= 11 is 1.07. The van der Waals surface area contributed by atoms with Gasteiger partial charge in [0, 0.05) is 0 Å². The van der Waals surface area contributed by atoms with Crippen LogP contribution < -0.4 is 24.0 Å². The summed E-state index contributed by atoms with van der Waals surface area (Å²) in [6.07, 6.45) is 0. The Morgan fingerprint density at radius 3 is 2.27 bits per heavy atom. The Labute approximate surface area is 91.1 Å². The van der Waals surface area contributed by atoms with Crippen LogP contribution in [0.3, 0.4) is 0 Å². The van der Waals surface area contributed by atoms with Crippen molar-refractivity contribution in [1.29, 1.82) is 0 Å². The normalized spacial score (nSPS) is 9.09. The van der Waals surface area contributed by atoms with Crippen LogP contribution in [0, 0.1) is 11.6 Å². The minimum absolute atomic E-state index is 0. The fourth-order valence-electron chi connectivity index (χ4n) is 0.695. The summed E-state index contributed by atoms with van der Waals surface area (Å²) in [5, 5.41) is 0.858. The molecule has 1 aromatic rings. The molecule has 0 saturated carbocycles. The summed E-state index contributed by atoms with van der Waals surface area (Å²) in [6.45, 7) is 0. The van der Waals surface area contributed by atoms with Gasteiger partial charge in [-0.2, -0.15) is 0 Å². The minimum Gasteiger partial charge on any atom is -1.00 e. The van der Waals surface area contributed by atoms with Crippen LogP contribution >= 0.6 is 0 Å². The second-order valence-corrected chi connectivity index (χ2v) is 3.05. The Bertz CT molecular complexity index is 240. The van der Waals surface area contributed by atoms with Gasteiger partial charge in [-0.05, 0) is 0 Å². The first-order valence-electron chi connectivity index (χ1n) is 2.97. The van der Waals surface area contributed by atoms with Gasteiger partial charge in [0.2, 0.25) is 0 Å². The molecule has 0 atom stereocenters. The SMILES string of the molecule is Fc1ccc([CH2][Zn+])cc1F.[I-]. The van der Waals surface area contributed by atoms with Crippen molar-refractivity contribution in [2.45, 2.75) is 5.02 Å². The van der Waals surface area contributed by atoms with E-state index in [2.05, 4.69) is 0 Å². The number of hydrogen-bond donors (Lipinski definition) is 0. The zero-order valence-electron chi connectivity index (χ0n) is 5.78. The minimum atomic E-state index is -0.766. The van der Waals surface area contributed by atoms with Crippen molar-refractivity contribution in [2.75, 3.05) is 0 Å². The average Bonchev–Trinajstić information content (AvgIpc) is 1.95. The van der Waals surface area contributed by atoms with E-state index in [1.165, 1.54) is 12.1 Å². The molecule has 0 aliphatic carbocycles. The van der Waals surface area contributed by atoms with E-state index in [0.717, 1.165) is 28.9 Å². The van der Waals surface area contributed by atoms with Gasteiger partial charge in [0.25, 0.3) is 0 Å². The van der Waals surface area contributed by atoms with Crippen LogP contribution in [0.2, 0.25) is 0 Å². The largest absolute Gasteiger partial charge is 1.00 e. The molecule has 0 unspecified atom stereocenters. The molecule has 0 spiro atoms. The molecule has 0 radical (unpaired) electrons.